The van der Waals surface area contributed by atoms with Crippen LogP contribution in [0.2, 0.25) is 0 Å². The van der Waals surface area contributed by atoms with Gasteiger partial charge in [-0.2, -0.15) is 5.10 Å². The van der Waals surface area contributed by atoms with Crippen LogP contribution in [0, 0.1) is 5.92 Å². The first-order chi connectivity index (χ1) is 13.7. The van der Waals surface area contributed by atoms with Gasteiger partial charge in [-0.25, -0.2) is 4.68 Å². The van der Waals surface area contributed by atoms with E-state index in [-0.39, 0.29) is 11.8 Å². The number of aromatic nitrogens is 4. The van der Waals surface area contributed by atoms with Gasteiger partial charge in [-0.15, -0.1) is 10.2 Å². The van der Waals surface area contributed by atoms with Gasteiger partial charge in [-0.05, 0) is 56.3 Å². The third kappa shape index (κ3) is 4.28. The number of rotatable bonds is 6. The number of carbonyl (C=O) groups excluding carboxylic acids is 1. The summed E-state index contributed by atoms with van der Waals surface area (Å²) >= 11 is 0. The third-order valence-electron chi connectivity index (χ3n) is 5.03. The van der Waals surface area contributed by atoms with E-state index in [1.165, 1.54) is 0 Å². The van der Waals surface area contributed by atoms with E-state index in [2.05, 4.69) is 25.5 Å². The van der Waals surface area contributed by atoms with Crippen LogP contribution in [-0.4, -0.2) is 43.9 Å². The molecule has 1 aliphatic rings. The molecule has 1 aliphatic heterocycles. The summed E-state index contributed by atoms with van der Waals surface area (Å²) in [7, 11) is 0. The summed E-state index contributed by atoms with van der Waals surface area (Å²) in [5.41, 5.74) is 1.77. The van der Waals surface area contributed by atoms with Crippen molar-refractivity contribution in [3.63, 3.8) is 0 Å². The lowest BCUT2D eigenvalue weighted by Gasteiger charge is -2.30. The fraction of sp³-hybridized carbons (Fsp3) is 0.400. The SMILES string of the molecule is CCc1nnc(CN2CCC(C(=O)Nc3ccc(-n4cccn4)cc3)CC2)o1. The molecule has 4 rings (SSSR count). The minimum absolute atomic E-state index is 0.0240. The van der Waals surface area contributed by atoms with Crippen molar-refractivity contribution < 1.29 is 9.21 Å². The van der Waals surface area contributed by atoms with Gasteiger partial charge in [-0.3, -0.25) is 9.69 Å². The smallest absolute Gasteiger partial charge is 0.230 e. The van der Waals surface area contributed by atoms with Crippen LogP contribution in [0.3, 0.4) is 0 Å². The Bertz CT molecular complexity index is 895. The molecule has 1 saturated heterocycles. The second kappa shape index (κ2) is 8.35. The number of hydrogen-bond donors (Lipinski definition) is 1. The molecule has 3 heterocycles. The molecule has 8 nitrogen and oxygen atoms in total. The number of benzene rings is 1. The number of aryl methyl sites for hydroxylation is 1. The minimum Gasteiger partial charge on any atom is -0.424 e. The number of amides is 1. The monoisotopic (exact) mass is 380 g/mol. The van der Waals surface area contributed by atoms with Crippen LogP contribution in [0.5, 0.6) is 0 Å². The van der Waals surface area contributed by atoms with Crippen LogP contribution >= 0.6 is 0 Å². The number of nitrogens with zero attached hydrogens (tertiary/aromatic N) is 5. The topological polar surface area (TPSA) is 89.1 Å². The molecule has 0 saturated carbocycles. The highest BCUT2D eigenvalue weighted by Gasteiger charge is 2.26. The number of carbonyl (C=O) groups is 1. The largest absolute Gasteiger partial charge is 0.424 e. The van der Waals surface area contributed by atoms with Crippen LogP contribution in [0.25, 0.3) is 5.69 Å². The molecule has 1 amide bonds. The van der Waals surface area contributed by atoms with Gasteiger partial charge in [-0.1, -0.05) is 6.92 Å². The first kappa shape index (κ1) is 18.4. The Kier molecular flexibility index (Phi) is 5.48. The van der Waals surface area contributed by atoms with Crippen molar-refractivity contribution in [3.8, 4) is 5.69 Å². The molecule has 1 fully saturated rings. The van der Waals surface area contributed by atoms with Crippen molar-refractivity contribution in [1.29, 1.82) is 0 Å². The summed E-state index contributed by atoms with van der Waals surface area (Å²) in [6, 6.07) is 9.58. The second-order valence-electron chi connectivity index (χ2n) is 6.98. The molecule has 1 aromatic carbocycles. The first-order valence-electron chi connectivity index (χ1n) is 9.66. The lowest BCUT2D eigenvalue weighted by atomic mass is 9.96. The van der Waals surface area contributed by atoms with Gasteiger partial charge >= 0.3 is 0 Å². The van der Waals surface area contributed by atoms with Gasteiger partial charge in [0.2, 0.25) is 17.7 Å². The van der Waals surface area contributed by atoms with Crippen molar-refractivity contribution in [1.82, 2.24) is 24.9 Å². The first-order valence-corrected chi connectivity index (χ1v) is 9.66. The van der Waals surface area contributed by atoms with E-state index in [1.54, 1.807) is 10.9 Å². The van der Waals surface area contributed by atoms with Crippen molar-refractivity contribution >= 4 is 11.6 Å². The van der Waals surface area contributed by atoms with E-state index in [0.717, 1.165) is 43.7 Å². The maximum absolute atomic E-state index is 12.6. The lowest BCUT2D eigenvalue weighted by molar-refractivity contribution is -0.121. The van der Waals surface area contributed by atoms with E-state index in [1.807, 2.05) is 43.5 Å². The van der Waals surface area contributed by atoms with E-state index in [0.29, 0.717) is 18.3 Å². The fourth-order valence-corrected chi connectivity index (χ4v) is 3.40. The molecular formula is C20H24N6O2. The summed E-state index contributed by atoms with van der Waals surface area (Å²) in [6.07, 6.45) is 6.03. The summed E-state index contributed by atoms with van der Waals surface area (Å²) in [6.45, 7) is 4.34. The molecule has 28 heavy (non-hydrogen) atoms. The molecule has 0 radical (unpaired) electrons. The number of hydrogen-bond acceptors (Lipinski definition) is 6. The molecule has 3 aromatic rings. The maximum Gasteiger partial charge on any atom is 0.230 e. The van der Waals surface area contributed by atoms with E-state index >= 15 is 0 Å². The predicted molar refractivity (Wildman–Crippen MR) is 104 cm³/mol. The number of anilines is 1. The Hall–Kier alpha value is -3.00. The van der Waals surface area contributed by atoms with Crippen LogP contribution in [-0.2, 0) is 17.8 Å². The molecule has 0 atom stereocenters. The van der Waals surface area contributed by atoms with Gasteiger partial charge in [0.25, 0.3) is 0 Å². The fourth-order valence-electron chi connectivity index (χ4n) is 3.40. The highest BCUT2D eigenvalue weighted by Crippen LogP contribution is 2.21. The second-order valence-corrected chi connectivity index (χ2v) is 6.98. The average molecular weight is 380 g/mol. The van der Waals surface area contributed by atoms with E-state index in [9.17, 15) is 4.79 Å². The molecule has 2 aromatic heterocycles. The predicted octanol–water partition coefficient (Wildman–Crippen LogP) is 2.67. The van der Waals surface area contributed by atoms with E-state index in [4.69, 9.17) is 4.42 Å². The summed E-state index contributed by atoms with van der Waals surface area (Å²) in [4.78, 5) is 14.9. The normalized spacial score (nSPS) is 15.6. The summed E-state index contributed by atoms with van der Waals surface area (Å²) < 4.78 is 7.36. The molecular weight excluding hydrogens is 356 g/mol. The zero-order chi connectivity index (χ0) is 19.3. The number of likely N-dealkylation sites (tertiary alicyclic amines) is 1. The zero-order valence-corrected chi connectivity index (χ0v) is 15.9. The third-order valence-corrected chi connectivity index (χ3v) is 5.03. The molecule has 0 aliphatic carbocycles. The van der Waals surface area contributed by atoms with Gasteiger partial charge in [0.15, 0.2) is 0 Å². The van der Waals surface area contributed by atoms with Crippen molar-refractivity contribution in [3.05, 3.63) is 54.5 Å². The highest BCUT2D eigenvalue weighted by molar-refractivity contribution is 5.92. The molecule has 146 valence electrons. The van der Waals surface area contributed by atoms with Crippen LogP contribution < -0.4 is 5.32 Å². The minimum atomic E-state index is 0.0240. The van der Waals surface area contributed by atoms with Gasteiger partial charge in [0.1, 0.15) is 0 Å². The summed E-state index contributed by atoms with van der Waals surface area (Å²) in [5, 5.41) is 15.3. The Labute approximate surface area is 163 Å². The Balaban J connectivity index is 1.27. The highest BCUT2D eigenvalue weighted by atomic mass is 16.4. The molecule has 0 unspecified atom stereocenters. The quantitative estimate of drug-likeness (QED) is 0.707. The zero-order valence-electron chi connectivity index (χ0n) is 15.9. The Morgan fingerprint density at radius 2 is 1.93 bits per heavy atom. The van der Waals surface area contributed by atoms with Crippen LogP contribution in [0.15, 0.2) is 47.1 Å². The van der Waals surface area contributed by atoms with Crippen LogP contribution in [0.1, 0.15) is 31.5 Å². The Morgan fingerprint density at radius 3 is 2.57 bits per heavy atom. The standard InChI is InChI=1S/C20H24N6O2/c1-2-18-23-24-19(28-18)14-25-12-8-15(9-13-25)20(27)22-16-4-6-17(7-5-16)26-11-3-10-21-26/h3-7,10-11,15H,2,8-9,12-14H2,1H3,(H,22,27). The average Bonchev–Trinajstić information content (AvgIpc) is 3.41. The molecule has 0 bridgehead atoms. The molecule has 1 N–H and O–H groups in total. The molecule has 0 spiro atoms. The Morgan fingerprint density at radius 1 is 1.18 bits per heavy atom. The van der Waals surface area contributed by atoms with Crippen LogP contribution in [0.4, 0.5) is 5.69 Å². The van der Waals surface area contributed by atoms with Crippen molar-refractivity contribution in [2.24, 2.45) is 5.92 Å². The van der Waals surface area contributed by atoms with Crippen molar-refractivity contribution in [2.45, 2.75) is 32.7 Å². The number of nitrogens with one attached hydrogen (secondary N) is 1. The number of piperidine rings is 1. The maximum atomic E-state index is 12.6. The van der Waals surface area contributed by atoms with Gasteiger partial charge < -0.3 is 9.73 Å². The van der Waals surface area contributed by atoms with E-state index < -0.39 is 0 Å². The van der Waals surface area contributed by atoms with Crippen molar-refractivity contribution in [2.75, 3.05) is 18.4 Å². The summed E-state index contributed by atoms with van der Waals surface area (Å²) in [5.74, 6) is 1.42. The van der Waals surface area contributed by atoms with Gasteiger partial charge in [0.05, 0.1) is 12.2 Å². The lowest BCUT2D eigenvalue weighted by Crippen LogP contribution is -2.37. The van der Waals surface area contributed by atoms with Gasteiger partial charge in [0, 0.05) is 30.4 Å². The molecule has 8 heteroatoms.